The normalized spacial score (nSPS) is 21.8. The molecule has 1 aromatic carbocycles. The molecule has 0 radical (unpaired) electrons. The average molecular weight is 351 g/mol. The summed E-state index contributed by atoms with van der Waals surface area (Å²) < 4.78 is 26.7. The molecule has 118 valence electrons. The molecule has 1 aromatic rings. The third-order valence-corrected chi connectivity index (χ3v) is 6.72. The van der Waals surface area contributed by atoms with Crippen LogP contribution in [0, 0.1) is 11.8 Å². The summed E-state index contributed by atoms with van der Waals surface area (Å²) in [6, 6.07) is 3.06. The van der Waals surface area contributed by atoms with E-state index in [0.717, 1.165) is 6.42 Å². The van der Waals surface area contributed by atoms with Gasteiger partial charge in [0.05, 0.1) is 5.02 Å². The SMILES string of the molecule is CNCc1c(Cl)ccc(S(=O)(=O)N(C)CC2CC2C)c1Cl. The fourth-order valence-corrected chi connectivity index (χ4v) is 4.47. The van der Waals surface area contributed by atoms with Crippen LogP contribution in [0.5, 0.6) is 0 Å². The van der Waals surface area contributed by atoms with E-state index in [1.165, 1.54) is 10.4 Å². The molecule has 1 N–H and O–H groups in total. The topological polar surface area (TPSA) is 49.4 Å². The van der Waals surface area contributed by atoms with Crippen LogP contribution in [0.1, 0.15) is 18.9 Å². The van der Waals surface area contributed by atoms with E-state index in [2.05, 4.69) is 12.2 Å². The monoisotopic (exact) mass is 350 g/mol. The van der Waals surface area contributed by atoms with Crippen molar-refractivity contribution in [1.82, 2.24) is 9.62 Å². The number of hydrogen-bond acceptors (Lipinski definition) is 3. The second kappa shape index (κ2) is 6.42. The lowest BCUT2D eigenvalue weighted by Crippen LogP contribution is -2.29. The van der Waals surface area contributed by atoms with Gasteiger partial charge in [0.25, 0.3) is 0 Å². The zero-order valence-corrected chi connectivity index (χ0v) is 14.7. The van der Waals surface area contributed by atoms with Gasteiger partial charge in [-0.1, -0.05) is 30.1 Å². The zero-order valence-electron chi connectivity index (χ0n) is 12.4. The maximum Gasteiger partial charge on any atom is 0.244 e. The molecule has 0 spiro atoms. The van der Waals surface area contributed by atoms with Gasteiger partial charge >= 0.3 is 0 Å². The third kappa shape index (κ3) is 3.54. The molecule has 4 nitrogen and oxygen atoms in total. The van der Waals surface area contributed by atoms with Gasteiger partial charge in [-0.25, -0.2) is 12.7 Å². The first kappa shape index (κ1) is 17.0. The summed E-state index contributed by atoms with van der Waals surface area (Å²) in [5.74, 6) is 1.05. The van der Waals surface area contributed by atoms with E-state index in [0.29, 0.717) is 35.5 Å². The number of sulfonamides is 1. The van der Waals surface area contributed by atoms with Gasteiger partial charge in [0.15, 0.2) is 0 Å². The fourth-order valence-electron chi connectivity index (χ4n) is 2.36. The Morgan fingerprint density at radius 1 is 1.38 bits per heavy atom. The van der Waals surface area contributed by atoms with Crippen molar-refractivity contribution in [2.75, 3.05) is 20.6 Å². The van der Waals surface area contributed by atoms with Crippen LogP contribution in [-0.4, -0.2) is 33.4 Å². The van der Waals surface area contributed by atoms with Crippen molar-refractivity contribution in [2.24, 2.45) is 11.8 Å². The lowest BCUT2D eigenvalue weighted by atomic mass is 10.2. The molecular weight excluding hydrogens is 331 g/mol. The number of rotatable bonds is 6. The summed E-state index contributed by atoms with van der Waals surface area (Å²) in [7, 11) is -0.232. The van der Waals surface area contributed by atoms with Crippen molar-refractivity contribution in [1.29, 1.82) is 0 Å². The predicted octanol–water partition coefficient (Wildman–Crippen LogP) is 2.99. The molecule has 0 heterocycles. The van der Waals surface area contributed by atoms with Crippen LogP contribution < -0.4 is 5.32 Å². The lowest BCUT2D eigenvalue weighted by Gasteiger charge is -2.19. The van der Waals surface area contributed by atoms with Crippen LogP contribution >= 0.6 is 23.2 Å². The molecule has 2 atom stereocenters. The minimum absolute atomic E-state index is 0.120. The summed E-state index contributed by atoms with van der Waals surface area (Å²) in [4.78, 5) is 0.120. The lowest BCUT2D eigenvalue weighted by molar-refractivity contribution is 0.444. The Balaban J connectivity index is 2.33. The summed E-state index contributed by atoms with van der Waals surface area (Å²) in [5.41, 5.74) is 0.607. The van der Waals surface area contributed by atoms with Gasteiger partial charge in [0, 0.05) is 30.7 Å². The Hall–Kier alpha value is -0.330. The molecule has 1 saturated carbocycles. The molecule has 0 bridgehead atoms. The highest BCUT2D eigenvalue weighted by Gasteiger charge is 2.36. The number of nitrogens with zero attached hydrogens (tertiary/aromatic N) is 1. The Labute approximate surface area is 136 Å². The zero-order chi connectivity index (χ0) is 15.8. The minimum atomic E-state index is -3.59. The molecule has 7 heteroatoms. The molecular formula is C14H20Cl2N2O2S. The van der Waals surface area contributed by atoms with Crippen LogP contribution in [0.4, 0.5) is 0 Å². The number of hydrogen-bond donors (Lipinski definition) is 1. The van der Waals surface area contributed by atoms with Crippen molar-refractivity contribution >= 4 is 33.2 Å². The van der Waals surface area contributed by atoms with Gasteiger partial charge in [0.2, 0.25) is 10.0 Å². The van der Waals surface area contributed by atoms with Crippen molar-refractivity contribution in [3.8, 4) is 0 Å². The van der Waals surface area contributed by atoms with Crippen molar-refractivity contribution in [2.45, 2.75) is 24.8 Å². The Morgan fingerprint density at radius 3 is 2.52 bits per heavy atom. The van der Waals surface area contributed by atoms with Crippen molar-refractivity contribution in [3.05, 3.63) is 27.7 Å². The highest BCUT2D eigenvalue weighted by atomic mass is 35.5. The average Bonchev–Trinajstić information content (AvgIpc) is 3.09. The van der Waals surface area contributed by atoms with Gasteiger partial charge < -0.3 is 5.32 Å². The van der Waals surface area contributed by atoms with Gasteiger partial charge in [-0.15, -0.1) is 0 Å². The Morgan fingerprint density at radius 2 is 2.00 bits per heavy atom. The van der Waals surface area contributed by atoms with E-state index in [-0.39, 0.29) is 9.92 Å². The smallest absolute Gasteiger partial charge is 0.244 e. The summed E-state index contributed by atoms with van der Waals surface area (Å²) >= 11 is 12.4. The summed E-state index contributed by atoms with van der Waals surface area (Å²) in [6.07, 6.45) is 1.08. The maximum absolute atomic E-state index is 12.7. The van der Waals surface area contributed by atoms with E-state index in [1.807, 2.05) is 0 Å². The first-order valence-electron chi connectivity index (χ1n) is 6.86. The quantitative estimate of drug-likeness (QED) is 0.857. The second-order valence-corrected chi connectivity index (χ2v) is 8.43. The van der Waals surface area contributed by atoms with Crippen LogP contribution in [0.3, 0.4) is 0 Å². The van der Waals surface area contributed by atoms with Crippen LogP contribution in [0.2, 0.25) is 10.0 Å². The highest BCUT2D eigenvalue weighted by molar-refractivity contribution is 7.89. The van der Waals surface area contributed by atoms with E-state index >= 15 is 0 Å². The molecule has 2 unspecified atom stereocenters. The van der Waals surface area contributed by atoms with Gasteiger partial charge in [-0.3, -0.25) is 0 Å². The van der Waals surface area contributed by atoms with E-state index < -0.39 is 10.0 Å². The van der Waals surface area contributed by atoms with Crippen LogP contribution in [0.25, 0.3) is 0 Å². The largest absolute Gasteiger partial charge is 0.316 e. The van der Waals surface area contributed by atoms with E-state index in [1.54, 1.807) is 20.2 Å². The molecule has 0 amide bonds. The molecule has 0 aromatic heterocycles. The van der Waals surface area contributed by atoms with E-state index in [4.69, 9.17) is 23.2 Å². The standard InChI is InChI=1S/C14H20Cl2N2O2S/c1-9-6-10(9)8-18(3)21(19,20)13-5-4-12(15)11(7-17-2)14(13)16/h4-5,9-10,17H,6-8H2,1-3H3. The molecule has 2 rings (SSSR count). The molecule has 21 heavy (non-hydrogen) atoms. The molecule has 0 saturated heterocycles. The maximum atomic E-state index is 12.7. The predicted molar refractivity (Wildman–Crippen MR) is 86.3 cm³/mol. The first-order valence-corrected chi connectivity index (χ1v) is 9.06. The second-order valence-electron chi connectivity index (χ2n) is 5.63. The van der Waals surface area contributed by atoms with Gasteiger partial charge in [-0.05, 0) is 37.4 Å². The number of nitrogens with one attached hydrogen (secondary N) is 1. The third-order valence-electron chi connectivity index (χ3n) is 3.96. The first-order chi connectivity index (χ1) is 9.78. The molecule has 1 fully saturated rings. The molecule has 0 aliphatic heterocycles. The Bertz CT molecular complexity index is 634. The highest BCUT2D eigenvalue weighted by Crippen LogP contribution is 2.39. The Kier molecular flexibility index (Phi) is 5.21. The van der Waals surface area contributed by atoms with Crippen LogP contribution in [-0.2, 0) is 16.6 Å². The van der Waals surface area contributed by atoms with Gasteiger partial charge in [0.1, 0.15) is 4.90 Å². The molecule has 1 aliphatic carbocycles. The van der Waals surface area contributed by atoms with Gasteiger partial charge in [-0.2, -0.15) is 0 Å². The summed E-state index contributed by atoms with van der Waals surface area (Å²) in [6.45, 7) is 3.08. The molecule has 1 aliphatic rings. The fraction of sp³-hybridized carbons (Fsp3) is 0.571. The van der Waals surface area contributed by atoms with Crippen molar-refractivity contribution < 1.29 is 8.42 Å². The van der Waals surface area contributed by atoms with E-state index in [9.17, 15) is 8.42 Å². The number of halogens is 2. The van der Waals surface area contributed by atoms with Crippen LogP contribution in [0.15, 0.2) is 17.0 Å². The summed E-state index contributed by atoms with van der Waals surface area (Å²) in [5, 5.41) is 3.61. The minimum Gasteiger partial charge on any atom is -0.316 e. The number of benzene rings is 1. The van der Waals surface area contributed by atoms with Crippen molar-refractivity contribution in [3.63, 3.8) is 0 Å².